The molecule has 1 saturated heterocycles. The van der Waals surface area contributed by atoms with Crippen molar-refractivity contribution in [2.45, 2.75) is 32.7 Å². The number of nitrogens with zero attached hydrogens (tertiary/aromatic N) is 2. The summed E-state index contributed by atoms with van der Waals surface area (Å²) in [5, 5.41) is 9.29. The summed E-state index contributed by atoms with van der Waals surface area (Å²) in [6, 6.07) is 7.48. The molecule has 3 N–H and O–H groups in total. The maximum atomic E-state index is 11.8. The summed E-state index contributed by atoms with van der Waals surface area (Å²) in [7, 11) is 1.72. The van der Waals surface area contributed by atoms with E-state index in [1.54, 1.807) is 13.1 Å². The standard InChI is InChI=1S/C19H29N5O3/c1-4-18(26)24-10-8-16(13-24)23-19(20-3)21-9-11-27-17-7-5-6-15(12-17)22-14(2)25/h5-7,12,16H,4,8-11,13H2,1-3H3,(H,22,25)(H2,20,21,23). The highest BCUT2D eigenvalue weighted by Gasteiger charge is 2.25. The monoisotopic (exact) mass is 375 g/mol. The van der Waals surface area contributed by atoms with Gasteiger partial charge in [-0.1, -0.05) is 13.0 Å². The second-order valence-electron chi connectivity index (χ2n) is 6.38. The Hall–Kier alpha value is -2.77. The van der Waals surface area contributed by atoms with Crippen molar-refractivity contribution in [3.8, 4) is 5.75 Å². The Morgan fingerprint density at radius 1 is 1.37 bits per heavy atom. The van der Waals surface area contributed by atoms with Crippen LogP contribution in [0.5, 0.6) is 5.75 Å². The fourth-order valence-electron chi connectivity index (χ4n) is 2.92. The van der Waals surface area contributed by atoms with Crippen molar-refractivity contribution < 1.29 is 14.3 Å². The van der Waals surface area contributed by atoms with Gasteiger partial charge in [-0.3, -0.25) is 14.6 Å². The van der Waals surface area contributed by atoms with Crippen molar-refractivity contribution in [3.63, 3.8) is 0 Å². The molecule has 2 rings (SSSR count). The molecule has 1 unspecified atom stereocenters. The lowest BCUT2D eigenvalue weighted by Crippen LogP contribution is -2.46. The molecule has 1 aromatic rings. The zero-order valence-corrected chi connectivity index (χ0v) is 16.2. The topological polar surface area (TPSA) is 95.1 Å². The third-order valence-electron chi connectivity index (χ3n) is 4.23. The van der Waals surface area contributed by atoms with Gasteiger partial charge < -0.3 is 25.6 Å². The molecule has 0 radical (unpaired) electrons. The van der Waals surface area contributed by atoms with E-state index in [4.69, 9.17) is 4.74 Å². The smallest absolute Gasteiger partial charge is 0.222 e. The first-order chi connectivity index (χ1) is 13.0. The van der Waals surface area contributed by atoms with E-state index >= 15 is 0 Å². The van der Waals surface area contributed by atoms with Crippen LogP contribution < -0.4 is 20.7 Å². The molecular weight excluding hydrogens is 346 g/mol. The summed E-state index contributed by atoms with van der Waals surface area (Å²) in [5.74, 6) is 1.46. The molecule has 8 nitrogen and oxygen atoms in total. The maximum absolute atomic E-state index is 11.8. The number of amides is 2. The molecule has 27 heavy (non-hydrogen) atoms. The Morgan fingerprint density at radius 3 is 2.89 bits per heavy atom. The fraction of sp³-hybridized carbons (Fsp3) is 0.526. The molecule has 0 spiro atoms. The second kappa shape index (κ2) is 10.4. The van der Waals surface area contributed by atoms with E-state index in [2.05, 4.69) is 20.9 Å². The van der Waals surface area contributed by atoms with Gasteiger partial charge in [0.25, 0.3) is 0 Å². The van der Waals surface area contributed by atoms with Crippen molar-refractivity contribution >= 4 is 23.5 Å². The first kappa shape index (κ1) is 20.5. The number of rotatable bonds is 7. The molecule has 0 saturated carbocycles. The van der Waals surface area contributed by atoms with Crippen LogP contribution in [-0.2, 0) is 9.59 Å². The second-order valence-corrected chi connectivity index (χ2v) is 6.38. The number of benzene rings is 1. The van der Waals surface area contributed by atoms with Gasteiger partial charge in [0.15, 0.2) is 5.96 Å². The quantitative estimate of drug-likeness (QED) is 0.378. The van der Waals surface area contributed by atoms with Gasteiger partial charge in [-0.05, 0) is 18.6 Å². The summed E-state index contributed by atoms with van der Waals surface area (Å²) in [4.78, 5) is 29.0. The predicted molar refractivity (Wildman–Crippen MR) is 106 cm³/mol. The maximum Gasteiger partial charge on any atom is 0.222 e. The molecule has 0 bridgehead atoms. The number of hydrogen-bond donors (Lipinski definition) is 3. The van der Waals surface area contributed by atoms with Crippen LogP contribution in [-0.4, -0.2) is 62.0 Å². The molecule has 2 amide bonds. The molecule has 148 valence electrons. The summed E-state index contributed by atoms with van der Waals surface area (Å²) in [6.45, 7) is 5.88. The fourth-order valence-corrected chi connectivity index (χ4v) is 2.92. The van der Waals surface area contributed by atoms with Crippen molar-refractivity contribution in [3.05, 3.63) is 24.3 Å². The first-order valence-electron chi connectivity index (χ1n) is 9.27. The highest BCUT2D eigenvalue weighted by Crippen LogP contribution is 2.17. The van der Waals surface area contributed by atoms with Gasteiger partial charge in [0.1, 0.15) is 12.4 Å². The lowest BCUT2D eigenvalue weighted by molar-refractivity contribution is -0.129. The predicted octanol–water partition coefficient (Wildman–Crippen LogP) is 1.20. The third-order valence-corrected chi connectivity index (χ3v) is 4.23. The number of aliphatic imine (C=N–C) groups is 1. The minimum absolute atomic E-state index is 0.116. The minimum atomic E-state index is -0.116. The van der Waals surface area contributed by atoms with E-state index in [0.717, 1.165) is 13.0 Å². The number of carbonyl (C=O) groups is 2. The van der Waals surface area contributed by atoms with Gasteiger partial charge in [0, 0.05) is 51.3 Å². The van der Waals surface area contributed by atoms with E-state index in [0.29, 0.717) is 43.5 Å². The van der Waals surface area contributed by atoms with E-state index < -0.39 is 0 Å². The molecule has 1 heterocycles. The third kappa shape index (κ3) is 6.80. The Labute approximate surface area is 160 Å². The van der Waals surface area contributed by atoms with Crippen LogP contribution in [0.2, 0.25) is 0 Å². The minimum Gasteiger partial charge on any atom is -0.492 e. The number of ether oxygens (including phenoxy) is 1. The van der Waals surface area contributed by atoms with Crippen LogP contribution >= 0.6 is 0 Å². The largest absolute Gasteiger partial charge is 0.492 e. The van der Waals surface area contributed by atoms with Crippen molar-refractivity contribution in [1.82, 2.24) is 15.5 Å². The Morgan fingerprint density at radius 2 is 2.19 bits per heavy atom. The Balaban J connectivity index is 1.71. The van der Waals surface area contributed by atoms with Crippen LogP contribution in [0.4, 0.5) is 5.69 Å². The van der Waals surface area contributed by atoms with Gasteiger partial charge in [0.2, 0.25) is 11.8 Å². The van der Waals surface area contributed by atoms with E-state index in [1.807, 2.05) is 30.0 Å². The summed E-state index contributed by atoms with van der Waals surface area (Å²) in [6.07, 6.45) is 1.46. The SMILES string of the molecule is CCC(=O)N1CCC(NC(=NC)NCCOc2cccc(NC(C)=O)c2)C1. The van der Waals surface area contributed by atoms with E-state index in [1.165, 1.54) is 6.92 Å². The number of nitrogens with one attached hydrogen (secondary N) is 3. The number of carbonyl (C=O) groups excluding carboxylic acids is 2. The highest BCUT2D eigenvalue weighted by atomic mass is 16.5. The molecule has 0 aromatic heterocycles. The van der Waals surface area contributed by atoms with Crippen molar-refractivity contribution in [1.29, 1.82) is 0 Å². The molecule has 0 aliphatic carbocycles. The van der Waals surface area contributed by atoms with Gasteiger partial charge in [-0.15, -0.1) is 0 Å². The molecule has 1 aliphatic rings. The summed E-state index contributed by atoms with van der Waals surface area (Å²) >= 11 is 0. The average molecular weight is 375 g/mol. The van der Waals surface area contributed by atoms with Crippen LogP contribution in [0.25, 0.3) is 0 Å². The van der Waals surface area contributed by atoms with Crippen LogP contribution in [0, 0.1) is 0 Å². The van der Waals surface area contributed by atoms with Crippen molar-refractivity contribution in [2.24, 2.45) is 4.99 Å². The zero-order chi connectivity index (χ0) is 19.6. The first-order valence-corrected chi connectivity index (χ1v) is 9.27. The summed E-state index contributed by atoms with van der Waals surface area (Å²) < 4.78 is 5.71. The molecule has 1 aromatic carbocycles. The molecule has 1 aliphatic heterocycles. The molecule has 8 heteroatoms. The molecule has 1 fully saturated rings. The number of guanidine groups is 1. The van der Waals surface area contributed by atoms with Crippen LogP contribution in [0.1, 0.15) is 26.7 Å². The van der Waals surface area contributed by atoms with Gasteiger partial charge in [-0.2, -0.15) is 0 Å². The van der Waals surface area contributed by atoms with E-state index in [-0.39, 0.29) is 17.9 Å². The van der Waals surface area contributed by atoms with Crippen molar-refractivity contribution in [2.75, 3.05) is 38.6 Å². The van der Waals surface area contributed by atoms with Crippen LogP contribution in [0.3, 0.4) is 0 Å². The zero-order valence-electron chi connectivity index (χ0n) is 16.2. The van der Waals surface area contributed by atoms with E-state index in [9.17, 15) is 9.59 Å². The number of anilines is 1. The Kier molecular flexibility index (Phi) is 7.91. The highest BCUT2D eigenvalue weighted by molar-refractivity contribution is 5.88. The summed E-state index contributed by atoms with van der Waals surface area (Å²) in [5.41, 5.74) is 0.706. The number of hydrogen-bond acceptors (Lipinski definition) is 4. The average Bonchev–Trinajstić information content (AvgIpc) is 3.12. The van der Waals surface area contributed by atoms with Gasteiger partial charge in [0.05, 0.1) is 6.54 Å². The molecule has 1 atom stereocenters. The Bertz CT molecular complexity index is 677. The lowest BCUT2D eigenvalue weighted by atomic mass is 10.3. The number of likely N-dealkylation sites (tertiary alicyclic amines) is 1. The lowest BCUT2D eigenvalue weighted by Gasteiger charge is -2.18. The van der Waals surface area contributed by atoms with Gasteiger partial charge in [-0.25, -0.2) is 0 Å². The molecular formula is C19H29N5O3. The van der Waals surface area contributed by atoms with Crippen LogP contribution in [0.15, 0.2) is 29.3 Å². The van der Waals surface area contributed by atoms with Gasteiger partial charge >= 0.3 is 0 Å². The normalized spacial score (nSPS) is 16.8.